The minimum absolute atomic E-state index is 0.231. The highest BCUT2D eigenvalue weighted by Crippen LogP contribution is 2.36. The van der Waals surface area contributed by atoms with E-state index in [1.54, 1.807) is 6.07 Å². The van der Waals surface area contributed by atoms with Crippen molar-refractivity contribution in [3.8, 4) is 11.5 Å². The zero-order valence-corrected chi connectivity index (χ0v) is 11.6. The van der Waals surface area contributed by atoms with Crippen molar-refractivity contribution in [3.63, 3.8) is 0 Å². The van der Waals surface area contributed by atoms with Gasteiger partial charge in [-0.2, -0.15) is 5.10 Å². The average Bonchev–Trinajstić information content (AvgIpc) is 2.86. The summed E-state index contributed by atoms with van der Waals surface area (Å²) in [5.41, 5.74) is 6.09. The van der Waals surface area contributed by atoms with Crippen LogP contribution in [0.4, 0.5) is 11.5 Å². The van der Waals surface area contributed by atoms with Crippen molar-refractivity contribution in [2.75, 3.05) is 25.3 Å². The fraction of sp³-hybridized carbons (Fsp3) is 0.167. The number of amides is 1. The molecule has 0 aliphatic rings. The minimum atomic E-state index is -0.409. The van der Waals surface area contributed by atoms with Crippen LogP contribution in [-0.2, 0) is 0 Å². The molecular formula is C12H13ClN4O3. The number of aromatic nitrogens is 2. The number of benzene rings is 1. The van der Waals surface area contributed by atoms with Gasteiger partial charge in [-0.25, -0.2) is 0 Å². The molecule has 0 atom stereocenters. The molecule has 0 bridgehead atoms. The maximum Gasteiger partial charge on any atom is 0.273 e. The number of hydrogen-bond acceptors (Lipinski definition) is 5. The van der Waals surface area contributed by atoms with Crippen LogP contribution in [0.25, 0.3) is 0 Å². The van der Waals surface area contributed by atoms with Crippen molar-refractivity contribution in [2.45, 2.75) is 0 Å². The van der Waals surface area contributed by atoms with E-state index in [2.05, 4.69) is 15.5 Å². The third kappa shape index (κ3) is 2.77. The fourth-order valence-electron chi connectivity index (χ4n) is 1.60. The van der Waals surface area contributed by atoms with Crippen LogP contribution in [0.5, 0.6) is 11.5 Å². The molecule has 4 N–H and O–H groups in total. The molecule has 0 saturated carbocycles. The van der Waals surface area contributed by atoms with E-state index in [1.807, 2.05) is 0 Å². The summed E-state index contributed by atoms with van der Waals surface area (Å²) in [6, 6.07) is 4.54. The molecule has 2 rings (SSSR count). The predicted molar refractivity (Wildman–Crippen MR) is 75.5 cm³/mol. The van der Waals surface area contributed by atoms with Crippen LogP contribution in [0, 0.1) is 0 Å². The molecule has 0 saturated heterocycles. The minimum Gasteiger partial charge on any atom is -0.495 e. The predicted octanol–water partition coefficient (Wildman–Crippen LogP) is 1.91. The number of H-pyrrole nitrogens is 1. The van der Waals surface area contributed by atoms with E-state index < -0.39 is 5.91 Å². The Morgan fingerprint density at radius 1 is 1.30 bits per heavy atom. The van der Waals surface area contributed by atoms with Gasteiger partial charge < -0.3 is 20.5 Å². The number of ether oxygens (including phenoxy) is 2. The molecule has 1 heterocycles. The Kier molecular flexibility index (Phi) is 3.99. The molecule has 1 aromatic heterocycles. The number of nitrogen functional groups attached to an aromatic ring is 1. The zero-order chi connectivity index (χ0) is 14.7. The highest BCUT2D eigenvalue weighted by molar-refractivity contribution is 6.32. The molecule has 1 amide bonds. The summed E-state index contributed by atoms with van der Waals surface area (Å²) in [7, 11) is 2.97. The molecule has 2 aromatic rings. The maximum absolute atomic E-state index is 12.0. The first-order chi connectivity index (χ1) is 9.55. The van der Waals surface area contributed by atoms with Gasteiger partial charge in [0.15, 0.2) is 0 Å². The highest BCUT2D eigenvalue weighted by Gasteiger charge is 2.15. The number of nitrogens with one attached hydrogen (secondary N) is 2. The lowest BCUT2D eigenvalue weighted by molar-refractivity contribution is 0.102. The normalized spacial score (nSPS) is 10.2. The number of carbonyl (C=O) groups is 1. The van der Waals surface area contributed by atoms with Crippen molar-refractivity contribution >= 4 is 29.0 Å². The summed E-state index contributed by atoms with van der Waals surface area (Å²) in [5, 5.41) is 9.20. The van der Waals surface area contributed by atoms with E-state index in [1.165, 1.54) is 26.4 Å². The number of anilines is 2. The maximum atomic E-state index is 12.0. The number of aromatic amines is 1. The summed E-state index contributed by atoms with van der Waals surface area (Å²) in [6.45, 7) is 0. The summed E-state index contributed by atoms with van der Waals surface area (Å²) >= 11 is 6.02. The van der Waals surface area contributed by atoms with Crippen molar-refractivity contribution in [1.82, 2.24) is 10.2 Å². The SMILES string of the molecule is COc1cc(OC)c(NC(=O)c2cc(N)n[nH]2)cc1Cl. The largest absolute Gasteiger partial charge is 0.495 e. The van der Waals surface area contributed by atoms with Crippen molar-refractivity contribution in [1.29, 1.82) is 0 Å². The number of methoxy groups -OCH3 is 2. The van der Waals surface area contributed by atoms with E-state index in [4.69, 9.17) is 26.8 Å². The second-order valence-corrected chi connectivity index (χ2v) is 4.25. The molecule has 0 unspecified atom stereocenters. The van der Waals surface area contributed by atoms with Crippen LogP contribution in [-0.4, -0.2) is 30.3 Å². The first kappa shape index (κ1) is 14.0. The Hall–Kier alpha value is -2.41. The van der Waals surface area contributed by atoms with Gasteiger partial charge in [0.05, 0.1) is 24.9 Å². The molecule has 1 aromatic carbocycles. The Bertz CT molecular complexity index is 642. The summed E-state index contributed by atoms with van der Waals surface area (Å²) < 4.78 is 10.3. The van der Waals surface area contributed by atoms with Gasteiger partial charge in [-0.3, -0.25) is 9.89 Å². The van der Waals surface area contributed by atoms with Crippen LogP contribution in [0.3, 0.4) is 0 Å². The number of carbonyl (C=O) groups excluding carboxylic acids is 1. The van der Waals surface area contributed by atoms with E-state index in [0.29, 0.717) is 22.2 Å². The topological polar surface area (TPSA) is 102 Å². The van der Waals surface area contributed by atoms with E-state index in [9.17, 15) is 4.79 Å². The second-order valence-electron chi connectivity index (χ2n) is 3.85. The lowest BCUT2D eigenvalue weighted by atomic mass is 10.2. The Morgan fingerprint density at radius 3 is 2.55 bits per heavy atom. The molecule has 0 radical (unpaired) electrons. The monoisotopic (exact) mass is 296 g/mol. The van der Waals surface area contributed by atoms with Crippen LogP contribution >= 0.6 is 11.6 Å². The Balaban J connectivity index is 2.28. The van der Waals surface area contributed by atoms with Crippen LogP contribution in [0.1, 0.15) is 10.5 Å². The Labute approximate surface area is 120 Å². The highest BCUT2D eigenvalue weighted by atomic mass is 35.5. The third-order valence-corrected chi connectivity index (χ3v) is 2.86. The van der Waals surface area contributed by atoms with Gasteiger partial charge in [0.1, 0.15) is 23.0 Å². The summed E-state index contributed by atoms with van der Waals surface area (Å²) in [6.07, 6.45) is 0. The number of nitrogens with zero attached hydrogens (tertiary/aromatic N) is 1. The number of rotatable bonds is 4. The number of halogens is 1. The Morgan fingerprint density at radius 2 is 2.00 bits per heavy atom. The van der Waals surface area contributed by atoms with Crippen LogP contribution in [0.15, 0.2) is 18.2 Å². The lowest BCUT2D eigenvalue weighted by Crippen LogP contribution is -2.13. The van der Waals surface area contributed by atoms with Crippen molar-refractivity contribution < 1.29 is 14.3 Å². The van der Waals surface area contributed by atoms with Gasteiger partial charge in [0.2, 0.25) is 0 Å². The van der Waals surface area contributed by atoms with Gasteiger partial charge in [0, 0.05) is 12.1 Å². The molecule has 0 spiro atoms. The smallest absolute Gasteiger partial charge is 0.273 e. The molecule has 106 valence electrons. The van der Waals surface area contributed by atoms with Gasteiger partial charge in [-0.1, -0.05) is 11.6 Å². The van der Waals surface area contributed by atoms with Crippen LogP contribution < -0.4 is 20.5 Å². The van der Waals surface area contributed by atoms with Gasteiger partial charge >= 0.3 is 0 Å². The van der Waals surface area contributed by atoms with E-state index >= 15 is 0 Å². The fourth-order valence-corrected chi connectivity index (χ4v) is 1.84. The summed E-state index contributed by atoms with van der Waals surface area (Å²) in [4.78, 5) is 12.0. The average molecular weight is 297 g/mol. The van der Waals surface area contributed by atoms with Crippen LogP contribution in [0.2, 0.25) is 5.02 Å². The number of nitrogens with two attached hydrogens (primary N) is 1. The molecule has 0 aliphatic carbocycles. The lowest BCUT2D eigenvalue weighted by Gasteiger charge is -2.12. The molecular weight excluding hydrogens is 284 g/mol. The molecule has 0 aliphatic heterocycles. The quantitative estimate of drug-likeness (QED) is 0.800. The molecule has 8 heteroatoms. The zero-order valence-electron chi connectivity index (χ0n) is 10.9. The van der Waals surface area contributed by atoms with Gasteiger partial charge in [-0.05, 0) is 6.07 Å². The van der Waals surface area contributed by atoms with Crippen molar-refractivity contribution in [2.24, 2.45) is 0 Å². The molecule has 20 heavy (non-hydrogen) atoms. The second kappa shape index (κ2) is 5.70. The molecule has 7 nitrogen and oxygen atoms in total. The van der Waals surface area contributed by atoms with Crippen molar-refractivity contribution in [3.05, 3.63) is 28.9 Å². The van der Waals surface area contributed by atoms with E-state index in [0.717, 1.165) is 0 Å². The third-order valence-electron chi connectivity index (χ3n) is 2.56. The van der Waals surface area contributed by atoms with Gasteiger partial charge in [-0.15, -0.1) is 0 Å². The summed E-state index contributed by atoms with van der Waals surface area (Å²) in [5.74, 6) is 0.697. The molecule has 0 fully saturated rings. The first-order valence-corrected chi connectivity index (χ1v) is 5.96. The first-order valence-electron chi connectivity index (χ1n) is 5.59. The van der Waals surface area contributed by atoms with Gasteiger partial charge in [0.25, 0.3) is 5.91 Å². The van der Waals surface area contributed by atoms with E-state index in [-0.39, 0.29) is 11.5 Å². The number of hydrogen-bond donors (Lipinski definition) is 3. The standard InChI is InChI=1S/C12H13ClN4O3/c1-19-9-5-10(20-2)7(3-6(9)13)15-12(18)8-4-11(14)17-16-8/h3-5H,1-2H3,(H,15,18)(H3,14,16,17).